The van der Waals surface area contributed by atoms with E-state index in [1.54, 1.807) is 0 Å². The van der Waals surface area contributed by atoms with Gasteiger partial charge in [-0.2, -0.15) is 14.6 Å². The lowest BCUT2D eigenvalue weighted by Crippen LogP contribution is -1.98. The number of aromatic nitrogens is 4. The summed E-state index contributed by atoms with van der Waals surface area (Å²) in [6.07, 6.45) is 4.67. The predicted molar refractivity (Wildman–Crippen MR) is 54.4 cm³/mol. The third-order valence-electron chi connectivity index (χ3n) is 2.05. The van der Waals surface area contributed by atoms with Crippen LogP contribution in [-0.2, 0) is 6.42 Å². The molecule has 2 heterocycles. The highest BCUT2D eigenvalue weighted by atomic mass is 35.5. The average molecular weight is 211 g/mol. The van der Waals surface area contributed by atoms with E-state index in [1.807, 2.05) is 6.07 Å². The van der Waals surface area contributed by atoms with Crippen LogP contribution >= 0.6 is 11.6 Å². The Kier molecular flexibility index (Phi) is 2.63. The van der Waals surface area contributed by atoms with E-state index in [2.05, 4.69) is 22.0 Å². The Hall–Kier alpha value is -1.16. The first-order valence-corrected chi connectivity index (χ1v) is 5.04. The van der Waals surface area contributed by atoms with Crippen LogP contribution in [-0.4, -0.2) is 19.6 Å². The minimum atomic E-state index is 0.568. The summed E-state index contributed by atoms with van der Waals surface area (Å²) in [7, 11) is 0. The molecule has 2 aromatic heterocycles. The Morgan fingerprint density at radius 3 is 3.14 bits per heavy atom. The van der Waals surface area contributed by atoms with Crippen molar-refractivity contribution in [3.8, 4) is 0 Å². The number of fused-ring (bicyclic) bond motifs is 1. The van der Waals surface area contributed by atoms with Gasteiger partial charge in [0.1, 0.15) is 11.5 Å². The lowest BCUT2D eigenvalue weighted by Gasteiger charge is -2.00. The molecule has 0 unspecified atom stereocenters. The molecule has 0 bridgehead atoms. The molecule has 0 amide bonds. The van der Waals surface area contributed by atoms with Gasteiger partial charge >= 0.3 is 0 Å². The second-order valence-corrected chi connectivity index (χ2v) is 3.53. The maximum atomic E-state index is 6.00. The molecule has 14 heavy (non-hydrogen) atoms. The van der Waals surface area contributed by atoms with Crippen LogP contribution in [0.4, 0.5) is 0 Å². The van der Waals surface area contributed by atoms with Crippen molar-refractivity contribution in [2.45, 2.75) is 26.2 Å². The summed E-state index contributed by atoms with van der Waals surface area (Å²) in [6, 6.07) is 1.85. The molecule has 0 radical (unpaired) electrons. The maximum absolute atomic E-state index is 6.00. The number of halogens is 1. The highest BCUT2D eigenvalue weighted by Gasteiger charge is 2.04. The molecule has 0 saturated heterocycles. The normalized spacial score (nSPS) is 11.0. The number of hydrogen-bond donors (Lipinski definition) is 0. The van der Waals surface area contributed by atoms with Crippen molar-refractivity contribution in [3.05, 3.63) is 23.2 Å². The smallest absolute Gasteiger partial charge is 0.216 e. The van der Waals surface area contributed by atoms with Gasteiger partial charge in [-0.05, 0) is 18.9 Å². The fourth-order valence-electron chi connectivity index (χ4n) is 1.31. The molecule has 0 atom stereocenters. The van der Waals surface area contributed by atoms with Gasteiger partial charge in [0, 0.05) is 5.69 Å². The number of rotatable bonds is 3. The standard InChI is InChI=1S/C9H11ClN4/c1-2-3-4-7-5-8(10)14-9(13-7)11-6-12-14/h5-6H,2-4H2,1H3. The first kappa shape index (κ1) is 9.40. The molecule has 0 fully saturated rings. The van der Waals surface area contributed by atoms with E-state index >= 15 is 0 Å². The summed E-state index contributed by atoms with van der Waals surface area (Å²) in [6.45, 7) is 2.15. The molecule has 0 spiro atoms. The van der Waals surface area contributed by atoms with Gasteiger partial charge in [-0.15, -0.1) is 0 Å². The first-order valence-electron chi connectivity index (χ1n) is 4.66. The fraction of sp³-hybridized carbons (Fsp3) is 0.444. The van der Waals surface area contributed by atoms with Crippen LogP contribution in [0.15, 0.2) is 12.4 Å². The van der Waals surface area contributed by atoms with E-state index in [0.29, 0.717) is 10.9 Å². The minimum absolute atomic E-state index is 0.568. The Morgan fingerprint density at radius 1 is 1.50 bits per heavy atom. The van der Waals surface area contributed by atoms with Crippen LogP contribution in [0.1, 0.15) is 25.5 Å². The first-order chi connectivity index (χ1) is 6.81. The van der Waals surface area contributed by atoms with Crippen molar-refractivity contribution >= 4 is 17.4 Å². The van der Waals surface area contributed by atoms with Crippen LogP contribution in [0.25, 0.3) is 5.78 Å². The second-order valence-electron chi connectivity index (χ2n) is 3.15. The van der Waals surface area contributed by atoms with Crippen LogP contribution < -0.4 is 0 Å². The largest absolute Gasteiger partial charge is 0.253 e. The van der Waals surface area contributed by atoms with Crippen LogP contribution in [0.5, 0.6) is 0 Å². The summed E-state index contributed by atoms with van der Waals surface area (Å²) in [5.41, 5.74) is 0.984. The van der Waals surface area contributed by atoms with Crippen molar-refractivity contribution < 1.29 is 0 Å². The van der Waals surface area contributed by atoms with E-state index in [1.165, 1.54) is 10.8 Å². The molecule has 5 heteroatoms. The van der Waals surface area contributed by atoms with Crippen molar-refractivity contribution in [1.82, 2.24) is 19.6 Å². The molecule has 4 nitrogen and oxygen atoms in total. The topological polar surface area (TPSA) is 43.1 Å². The molecule has 0 aliphatic rings. The monoisotopic (exact) mass is 210 g/mol. The second kappa shape index (κ2) is 3.92. The quantitative estimate of drug-likeness (QED) is 0.729. The van der Waals surface area contributed by atoms with Crippen molar-refractivity contribution in [1.29, 1.82) is 0 Å². The Bertz CT molecular complexity index is 437. The van der Waals surface area contributed by atoms with Gasteiger partial charge in [-0.25, -0.2) is 4.98 Å². The van der Waals surface area contributed by atoms with Gasteiger partial charge in [0.2, 0.25) is 0 Å². The third kappa shape index (κ3) is 1.70. The Balaban J connectivity index is 2.38. The molecule has 74 valence electrons. The van der Waals surface area contributed by atoms with E-state index in [0.717, 1.165) is 25.0 Å². The molecule has 0 aliphatic heterocycles. The van der Waals surface area contributed by atoms with Gasteiger partial charge in [-0.1, -0.05) is 24.9 Å². The van der Waals surface area contributed by atoms with Gasteiger partial charge in [-0.3, -0.25) is 0 Å². The van der Waals surface area contributed by atoms with Crippen molar-refractivity contribution in [2.75, 3.05) is 0 Å². The fourth-order valence-corrected chi connectivity index (χ4v) is 1.55. The van der Waals surface area contributed by atoms with Gasteiger partial charge in [0.25, 0.3) is 5.78 Å². The summed E-state index contributed by atoms with van der Waals surface area (Å²) < 4.78 is 1.52. The SMILES string of the molecule is CCCCc1cc(Cl)n2ncnc2n1. The molecular formula is C9H11ClN4. The molecule has 2 aromatic rings. The number of aryl methyl sites for hydroxylation is 1. The number of hydrogen-bond acceptors (Lipinski definition) is 3. The number of nitrogens with zero attached hydrogens (tertiary/aromatic N) is 4. The lowest BCUT2D eigenvalue weighted by atomic mass is 10.2. The van der Waals surface area contributed by atoms with Crippen LogP contribution in [0, 0.1) is 0 Å². The zero-order valence-corrected chi connectivity index (χ0v) is 8.70. The summed E-state index contributed by atoms with van der Waals surface area (Å²) in [4.78, 5) is 8.34. The summed E-state index contributed by atoms with van der Waals surface area (Å²) >= 11 is 6.00. The molecule has 0 saturated carbocycles. The predicted octanol–water partition coefficient (Wildman–Crippen LogP) is 2.12. The lowest BCUT2D eigenvalue weighted by molar-refractivity contribution is 0.771. The Labute approximate surface area is 86.9 Å². The van der Waals surface area contributed by atoms with Crippen LogP contribution in [0.2, 0.25) is 5.15 Å². The van der Waals surface area contributed by atoms with Gasteiger partial charge < -0.3 is 0 Å². The van der Waals surface area contributed by atoms with Crippen LogP contribution in [0.3, 0.4) is 0 Å². The average Bonchev–Trinajstić information content (AvgIpc) is 2.63. The zero-order chi connectivity index (χ0) is 9.97. The van der Waals surface area contributed by atoms with E-state index in [4.69, 9.17) is 11.6 Å². The summed E-state index contributed by atoms with van der Waals surface area (Å²) in [5, 5.41) is 4.52. The maximum Gasteiger partial charge on any atom is 0.253 e. The van der Waals surface area contributed by atoms with Gasteiger partial charge in [0.05, 0.1) is 0 Å². The zero-order valence-electron chi connectivity index (χ0n) is 7.94. The minimum Gasteiger partial charge on any atom is -0.216 e. The molecule has 0 N–H and O–H groups in total. The molecular weight excluding hydrogens is 200 g/mol. The summed E-state index contributed by atoms with van der Waals surface area (Å²) in [5.74, 6) is 0.573. The highest BCUT2D eigenvalue weighted by Crippen LogP contribution is 2.12. The Morgan fingerprint density at radius 2 is 2.36 bits per heavy atom. The van der Waals surface area contributed by atoms with Crippen molar-refractivity contribution in [3.63, 3.8) is 0 Å². The van der Waals surface area contributed by atoms with E-state index in [9.17, 15) is 0 Å². The van der Waals surface area contributed by atoms with E-state index < -0.39 is 0 Å². The molecule has 2 rings (SSSR count). The molecule has 0 aromatic carbocycles. The third-order valence-corrected chi connectivity index (χ3v) is 2.32. The van der Waals surface area contributed by atoms with E-state index in [-0.39, 0.29) is 0 Å². The van der Waals surface area contributed by atoms with Gasteiger partial charge in [0.15, 0.2) is 0 Å². The molecule has 0 aliphatic carbocycles. The number of unbranched alkanes of at least 4 members (excludes halogenated alkanes) is 1. The highest BCUT2D eigenvalue weighted by molar-refractivity contribution is 6.29. The van der Waals surface area contributed by atoms with Crippen molar-refractivity contribution in [2.24, 2.45) is 0 Å².